The maximum atomic E-state index is 14.8. The Kier molecular flexibility index (Phi) is 8.72. The molecule has 0 radical (unpaired) electrons. The largest absolute Gasteiger partial charge is 0.458 e. The number of nitriles is 1. The first-order chi connectivity index (χ1) is 16.0. The first-order valence-electron chi connectivity index (χ1n) is 11.0. The maximum Gasteiger partial charge on any atom is 0.337 e. The molecule has 1 amide bonds. The van der Waals surface area contributed by atoms with E-state index < -0.39 is 17.7 Å². The zero-order chi connectivity index (χ0) is 23.8. The van der Waals surface area contributed by atoms with E-state index >= 15 is 0 Å². The second kappa shape index (κ2) is 11.7. The normalized spacial score (nSPS) is 18.9. The van der Waals surface area contributed by atoms with Gasteiger partial charge in [-0.15, -0.1) is 0 Å². The molecule has 6 nitrogen and oxygen atoms in total. The lowest BCUT2D eigenvalue weighted by atomic mass is 9.82. The zero-order valence-electron chi connectivity index (χ0n) is 18.7. The van der Waals surface area contributed by atoms with Crippen molar-refractivity contribution in [1.82, 2.24) is 10.6 Å². The predicted octanol–water partition coefficient (Wildman–Crippen LogP) is 4.43. The van der Waals surface area contributed by atoms with Gasteiger partial charge >= 0.3 is 5.97 Å². The molecule has 0 saturated heterocycles. The van der Waals surface area contributed by atoms with Crippen LogP contribution in [0.25, 0.3) is 0 Å². The Bertz CT molecular complexity index is 1020. The number of hydrogen-bond acceptors (Lipinski definition) is 6. The number of hydrogen-bond donors (Lipinski definition) is 2. The lowest BCUT2D eigenvalue weighted by Crippen LogP contribution is -2.37. The minimum absolute atomic E-state index is 0.00580. The topological polar surface area (TPSA) is 91.2 Å². The van der Waals surface area contributed by atoms with Crippen molar-refractivity contribution in [3.8, 4) is 6.07 Å². The number of thioether (sulfide) groups is 1. The van der Waals surface area contributed by atoms with E-state index in [1.807, 2.05) is 0 Å². The van der Waals surface area contributed by atoms with E-state index in [0.29, 0.717) is 10.7 Å². The number of ether oxygens (including phenoxy) is 1. The fourth-order valence-electron chi connectivity index (χ4n) is 4.18. The standard InChI is InChI=1S/C25H28FN3O3S/c1-3-13-32-25(31)22-16(2)28-24(33-15-21(30)29-17-9-5-4-6-10-17)19(14-27)23(22)18-11-7-8-12-20(18)26/h3,7-8,11-12,17,23,28H,1,4-6,9-10,13,15H2,2H3,(H,29,30)/t23-/m0/s1. The first kappa shape index (κ1) is 24.6. The van der Waals surface area contributed by atoms with Crippen LogP contribution < -0.4 is 10.6 Å². The maximum absolute atomic E-state index is 14.8. The average Bonchev–Trinajstić information content (AvgIpc) is 2.81. The Hall–Kier alpha value is -3.05. The van der Waals surface area contributed by atoms with Gasteiger partial charge in [-0.1, -0.05) is 61.9 Å². The summed E-state index contributed by atoms with van der Waals surface area (Å²) in [5.41, 5.74) is 0.984. The third-order valence-corrected chi connectivity index (χ3v) is 6.75. The van der Waals surface area contributed by atoms with Crippen LogP contribution in [0.1, 0.15) is 50.5 Å². The van der Waals surface area contributed by atoms with Crippen LogP contribution in [-0.2, 0) is 14.3 Å². The van der Waals surface area contributed by atoms with E-state index in [4.69, 9.17) is 4.74 Å². The predicted molar refractivity (Wildman–Crippen MR) is 126 cm³/mol. The SMILES string of the molecule is C=CCOC(=O)C1=C(C)NC(SCC(=O)NC2CCCCC2)=C(C#N)[C@@H]1c1ccccc1F. The molecule has 1 atom stereocenters. The number of carbonyl (C=O) groups is 2. The summed E-state index contributed by atoms with van der Waals surface area (Å²) < 4.78 is 20.0. The third kappa shape index (κ3) is 6.05. The molecule has 2 N–H and O–H groups in total. The average molecular weight is 470 g/mol. The van der Waals surface area contributed by atoms with Crippen molar-refractivity contribution in [2.75, 3.05) is 12.4 Å². The van der Waals surface area contributed by atoms with Crippen molar-refractivity contribution < 1.29 is 18.7 Å². The Morgan fingerprint density at radius 2 is 2.06 bits per heavy atom. The molecule has 1 fully saturated rings. The Morgan fingerprint density at radius 3 is 2.73 bits per heavy atom. The van der Waals surface area contributed by atoms with E-state index in [2.05, 4.69) is 23.3 Å². The van der Waals surface area contributed by atoms with E-state index in [-0.39, 0.29) is 41.0 Å². The molecule has 1 saturated carbocycles. The van der Waals surface area contributed by atoms with Crippen LogP contribution in [0, 0.1) is 17.1 Å². The highest BCUT2D eigenvalue weighted by Gasteiger charge is 2.37. The van der Waals surface area contributed by atoms with Crippen molar-refractivity contribution in [2.45, 2.75) is 51.0 Å². The van der Waals surface area contributed by atoms with Crippen molar-refractivity contribution >= 4 is 23.6 Å². The van der Waals surface area contributed by atoms with Gasteiger partial charge in [0.05, 0.1) is 33.9 Å². The molecule has 1 aliphatic heterocycles. The van der Waals surface area contributed by atoms with Crippen LogP contribution in [-0.4, -0.2) is 30.3 Å². The number of halogens is 1. The van der Waals surface area contributed by atoms with Crippen molar-refractivity contribution in [1.29, 1.82) is 5.26 Å². The fourth-order valence-corrected chi connectivity index (χ4v) is 5.09. The van der Waals surface area contributed by atoms with Crippen LogP contribution in [0.4, 0.5) is 4.39 Å². The van der Waals surface area contributed by atoms with E-state index in [1.54, 1.807) is 25.1 Å². The minimum atomic E-state index is -0.946. The highest BCUT2D eigenvalue weighted by Crippen LogP contribution is 2.41. The van der Waals surface area contributed by atoms with Gasteiger partial charge in [-0.2, -0.15) is 5.26 Å². The summed E-state index contributed by atoms with van der Waals surface area (Å²) in [4.78, 5) is 25.3. The molecule has 2 aliphatic rings. The molecular formula is C25H28FN3O3S. The molecule has 3 rings (SSSR count). The number of nitrogens with zero attached hydrogens (tertiary/aromatic N) is 1. The van der Waals surface area contributed by atoms with Crippen molar-refractivity contribution in [2.24, 2.45) is 0 Å². The molecule has 1 heterocycles. The van der Waals surface area contributed by atoms with E-state index in [9.17, 15) is 19.2 Å². The molecule has 33 heavy (non-hydrogen) atoms. The van der Waals surface area contributed by atoms with Crippen molar-refractivity contribution in [3.05, 3.63) is 70.2 Å². The summed E-state index contributed by atoms with van der Waals surface area (Å²) in [7, 11) is 0. The van der Waals surface area contributed by atoms with Gasteiger partial charge in [0, 0.05) is 17.3 Å². The monoisotopic (exact) mass is 469 g/mol. The number of benzene rings is 1. The molecular weight excluding hydrogens is 441 g/mol. The quantitative estimate of drug-likeness (QED) is 0.432. The molecule has 0 bridgehead atoms. The molecule has 0 unspecified atom stereocenters. The third-order valence-electron chi connectivity index (χ3n) is 5.73. The highest BCUT2D eigenvalue weighted by atomic mass is 32.2. The van der Waals surface area contributed by atoms with E-state index in [0.717, 1.165) is 25.7 Å². The molecule has 1 aromatic rings. The summed E-state index contributed by atoms with van der Waals surface area (Å²) in [5, 5.41) is 16.6. The molecule has 1 aromatic carbocycles. The Balaban J connectivity index is 1.88. The zero-order valence-corrected chi connectivity index (χ0v) is 19.5. The smallest absolute Gasteiger partial charge is 0.337 e. The van der Waals surface area contributed by atoms with Gasteiger partial charge in [-0.05, 0) is 25.8 Å². The van der Waals surface area contributed by atoms with Gasteiger partial charge in [0.25, 0.3) is 0 Å². The number of esters is 1. The second-order valence-corrected chi connectivity index (χ2v) is 9.04. The number of dihydropyridines is 1. The summed E-state index contributed by atoms with van der Waals surface area (Å²) in [6, 6.07) is 8.37. The Labute approximate surface area is 198 Å². The molecule has 174 valence electrons. The highest BCUT2D eigenvalue weighted by molar-refractivity contribution is 8.03. The van der Waals surface area contributed by atoms with Crippen LogP contribution in [0.15, 0.2) is 58.8 Å². The first-order valence-corrected chi connectivity index (χ1v) is 12.0. The summed E-state index contributed by atoms with van der Waals surface area (Å²) in [6.45, 7) is 5.21. The summed E-state index contributed by atoms with van der Waals surface area (Å²) in [6.07, 6.45) is 6.83. The number of amides is 1. The summed E-state index contributed by atoms with van der Waals surface area (Å²) in [5.74, 6) is -2.13. The second-order valence-electron chi connectivity index (χ2n) is 8.05. The van der Waals surface area contributed by atoms with Crippen LogP contribution in [0.2, 0.25) is 0 Å². The lowest BCUT2D eigenvalue weighted by molar-refractivity contribution is -0.138. The number of allylic oxidation sites excluding steroid dienone is 2. The number of rotatable bonds is 8. The molecule has 8 heteroatoms. The fraction of sp³-hybridized carbons (Fsp3) is 0.400. The summed E-state index contributed by atoms with van der Waals surface area (Å²) >= 11 is 1.18. The molecule has 0 aromatic heterocycles. The van der Waals surface area contributed by atoms with Gasteiger partial charge in [0.1, 0.15) is 12.4 Å². The van der Waals surface area contributed by atoms with Gasteiger partial charge < -0.3 is 15.4 Å². The van der Waals surface area contributed by atoms with Gasteiger partial charge in [-0.25, -0.2) is 9.18 Å². The van der Waals surface area contributed by atoms with Gasteiger partial charge in [0.2, 0.25) is 5.91 Å². The van der Waals surface area contributed by atoms with Crippen LogP contribution >= 0.6 is 11.8 Å². The number of nitrogens with one attached hydrogen (secondary N) is 2. The lowest BCUT2D eigenvalue weighted by Gasteiger charge is -2.29. The number of carbonyl (C=O) groups excluding carboxylic acids is 2. The van der Waals surface area contributed by atoms with Gasteiger partial charge in [-0.3, -0.25) is 4.79 Å². The van der Waals surface area contributed by atoms with Crippen molar-refractivity contribution in [3.63, 3.8) is 0 Å². The Morgan fingerprint density at radius 1 is 1.33 bits per heavy atom. The minimum Gasteiger partial charge on any atom is -0.458 e. The molecule has 0 spiro atoms. The molecule has 1 aliphatic carbocycles. The van der Waals surface area contributed by atoms with Gasteiger partial charge in [0.15, 0.2) is 0 Å². The van der Waals surface area contributed by atoms with Crippen LogP contribution in [0.3, 0.4) is 0 Å². The van der Waals surface area contributed by atoms with E-state index in [1.165, 1.54) is 30.3 Å². The van der Waals surface area contributed by atoms with Crippen LogP contribution in [0.5, 0.6) is 0 Å².